The zero-order chi connectivity index (χ0) is 13.0. The first-order valence-electron chi connectivity index (χ1n) is 4.66. The zero-order valence-corrected chi connectivity index (χ0v) is 8.91. The van der Waals surface area contributed by atoms with E-state index in [1.807, 2.05) is 0 Å². The molecule has 0 aliphatic rings. The second-order valence-electron chi connectivity index (χ2n) is 2.98. The molecule has 0 radical (unpaired) electrons. The SMILES string of the molecule is CCOC(=O)c1cnc(N)c(C#N)c1C(F)F. The Hall–Kier alpha value is -2.23. The van der Waals surface area contributed by atoms with Crippen molar-refractivity contribution in [2.75, 3.05) is 12.3 Å². The molecule has 5 nitrogen and oxygen atoms in total. The lowest BCUT2D eigenvalue weighted by atomic mass is 10.0. The molecule has 0 bridgehead atoms. The number of carbonyl (C=O) groups is 1. The second-order valence-corrected chi connectivity index (χ2v) is 2.98. The van der Waals surface area contributed by atoms with Gasteiger partial charge in [-0.25, -0.2) is 18.6 Å². The van der Waals surface area contributed by atoms with Gasteiger partial charge in [-0.2, -0.15) is 5.26 Å². The van der Waals surface area contributed by atoms with Gasteiger partial charge in [0.25, 0.3) is 6.43 Å². The van der Waals surface area contributed by atoms with Gasteiger partial charge in [-0.05, 0) is 6.92 Å². The molecular weight excluding hydrogens is 232 g/mol. The van der Waals surface area contributed by atoms with Crippen molar-refractivity contribution in [3.05, 3.63) is 22.9 Å². The lowest BCUT2D eigenvalue weighted by molar-refractivity contribution is 0.0515. The minimum atomic E-state index is -3.01. The number of anilines is 1. The van der Waals surface area contributed by atoms with E-state index in [4.69, 9.17) is 11.0 Å². The maximum absolute atomic E-state index is 12.8. The van der Waals surface area contributed by atoms with Crippen LogP contribution in [0.25, 0.3) is 0 Å². The highest BCUT2D eigenvalue weighted by molar-refractivity contribution is 5.92. The van der Waals surface area contributed by atoms with Crippen molar-refractivity contribution >= 4 is 11.8 Å². The van der Waals surface area contributed by atoms with Crippen LogP contribution in [0.3, 0.4) is 0 Å². The van der Waals surface area contributed by atoms with Gasteiger partial charge in [0.1, 0.15) is 17.5 Å². The van der Waals surface area contributed by atoms with Gasteiger partial charge in [0, 0.05) is 6.20 Å². The number of nitriles is 1. The van der Waals surface area contributed by atoms with Crippen LogP contribution >= 0.6 is 0 Å². The van der Waals surface area contributed by atoms with Crippen molar-refractivity contribution < 1.29 is 18.3 Å². The number of nitrogens with two attached hydrogens (primary N) is 1. The number of carbonyl (C=O) groups excluding carboxylic acids is 1. The highest BCUT2D eigenvalue weighted by Gasteiger charge is 2.25. The number of rotatable bonds is 3. The molecule has 0 amide bonds. The first kappa shape index (κ1) is 12.8. The summed E-state index contributed by atoms with van der Waals surface area (Å²) in [4.78, 5) is 14.9. The van der Waals surface area contributed by atoms with E-state index in [-0.39, 0.29) is 12.4 Å². The summed E-state index contributed by atoms with van der Waals surface area (Å²) < 4.78 is 30.2. The van der Waals surface area contributed by atoms with Crippen molar-refractivity contribution in [3.63, 3.8) is 0 Å². The predicted molar refractivity (Wildman–Crippen MR) is 54.3 cm³/mol. The van der Waals surface area contributed by atoms with E-state index in [0.29, 0.717) is 0 Å². The summed E-state index contributed by atoms with van der Waals surface area (Å²) in [6.07, 6.45) is -2.12. The molecule has 1 rings (SSSR count). The van der Waals surface area contributed by atoms with Gasteiger partial charge < -0.3 is 10.5 Å². The predicted octanol–water partition coefficient (Wildman–Crippen LogP) is 1.65. The fraction of sp³-hybridized carbons (Fsp3) is 0.300. The Morgan fingerprint density at radius 2 is 2.35 bits per heavy atom. The van der Waals surface area contributed by atoms with Crippen LogP contribution in [0.5, 0.6) is 0 Å². The molecule has 0 atom stereocenters. The smallest absolute Gasteiger partial charge is 0.340 e. The second kappa shape index (κ2) is 5.21. The molecule has 0 saturated heterocycles. The summed E-state index contributed by atoms with van der Waals surface area (Å²) in [6.45, 7) is 1.57. The minimum Gasteiger partial charge on any atom is -0.462 e. The number of ether oxygens (including phenoxy) is 1. The Kier molecular flexibility index (Phi) is 3.93. The average molecular weight is 241 g/mol. The quantitative estimate of drug-likeness (QED) is 0.812. The Morgan fingerprint density at radius 3 is 2.82 bits per heavy atom. The van der Waals surface area contributed by atoms with Crippen LogP contribution in [-0.4, -0.2) is 17.6 Å². The molecule has 90 valence electrons. The first-order chi connectivity index (χ1) is 8.02. The summed E-state index contributed by atoms with van der Waals surface area (Å²) in [7, 11) is 0. The number of hydrogen-bond acceptors (Lipinski definition) is 5. The van der Waals surface area contributed by atoms with Gasteiger partial charge in [-0.1, -0.05) is 0 Å². The van der Waals surface area contributed by atoms with Crippen LogP contribution in [0.1, 0.15) is 34.8 Å². The summed E-state index contributed by atoms with van der Waals surface area (Å²) in [5.41, 5.74) is 3.62. The molecule has 0 aliphatic heterocycles. The van der Waals surface area contributed by atoms with E-state index in [1.54, 1.807) is 0 Å². The molecule has 0 saturated carbocycles. The lowest BCUT2D eigenvalue weighted by Gasteiger charge is -2.10. The minimum absolute atomic E-state index is 0.0355. The Balaban J connectivity index is 3.42. The highest BCUT2D eigenvalue weighted by atomic mass is 19.3. The van der Waals surface area contributed by atoms with Crippen molar-refractivity contribution in [2.45, 2.75) is 13.3 Å². The van der Waals surface area contributed by atoms with Crippen LogP contribution in [0, 0.1) is 11.3 Å². The molecular formula is C10H9F2N3O2. The molecule has 0 spiro atoms. The van der Waals surface area contributed by atoms with E-state index < -0.39 is 29.1 Å². The van der Waals surface area contributed by atoms with Gasteiger partial charge in [-0.15, -0.1) is 0 Å². The molecule has 1 aromatic heterocycles. The number of alkyl halides is 2. The number of esters is 1. The molecule has 0 aromatic carbocycles. The first-order valence-corrected chi connectivity index (χ1v) is 4.66. The monoisotopic (exact) mass is 241 g/mol. The van der Waals surface area contributed by atoms with Gasteiger partial charge in [-0.3, -0.25) is 0 Å². The fourth-order valence-electron chi connectivity index (χ4n) is 1.26. The van der Waals surface area contributed by atoms with E-state index in [9.17, 15) is 13.6 Å². The standard InChI is InChI=1S/C10H9F2N3O2/c1-2-17-10(16)6-4-15-9(14)5(3-13)7(6)8(11)12/h4,8H,2H2,1H3,(H2,14,15). The van der Waals surface area contributed by atoms with Gasteiger partial charge >= 0.3 is 5.97 Å². The van der Waals surface area contributed by atoms with E-state index in [1.165, 1.54) is 13.0 Å². The lowest BCUT2D eigenvalue weighted by Crippen LogP contribution is -2.12. The van der Waals surface area contributed by atoms with Crippen molar-refractivity contribution in [1.82, 2.24) is 4.98 Å². The number of nitrogens with zero attached hydrogens (tertiary/aromatic N) is 2. The Morgan fingerprint density at radius 1 is 1.71 bits per heavy atom. The molecule has 7 heteroatoms. The highest BCUT2D eigenvalue weighted by Crippen LogP contribution is 2.29. The van der Waals surface area contributed by atoms with Crippen LogP contribution in [0.2, 0.25) is 0 Å². The van der Waals surface area contributed by atoms with Crippen LogP contribution in [-0.2, 0) is 4.74 Å². The number of hydrogen-bond donors (Lipinski definition) is 1. The largest absolute Gasteiger partial charge is 0.462 e. The third kappa shape index (κ3) is 2.47. The summed E-state index contributed by atoms with van der Waals surface area (Å²) >= 11 is 0. The summed E-state index contributed by atoms with van der Waals surface area (Å²) in [5, 5.41) is 8.73. The van der Waals surface area contributed by atoms with Crippen LogP contribution in [0.15, 0.2) is 6.20 Å². The van der Waals surface area contributed by atoms with Gasteiger partial charge in [0.2, 0.25) is 0 Å². The van der Waals surface area contributed by atoms with Crippen molar-refractivity contribution in [2.24, 2.45) is 0 Å². The topological polar surface area (TPSA) is 89.0 Å². The van der Waals surface area contributed by atoms with Crippen molar-refractivity contribution in [3.8, 4) is 6.07 Å². The normalized spacial score (nSPS) is 10.1. The number of aromatic nitrogens is 1. The number of halogens is 2. The summed E-state index contributed by atoms with van der Waals surface area (Å²) in [6, 6.07) is 1.51. The van der Waals surface area contributed by atoms with Crippen LogP contribution < -0.4 is 5.73 Å². The van der Waals surface area contributed by atoms with Crippen LogP contribution in [0.4, 0.5) is 14.6 Å². The Labute approximate surface area is 95.8 Å². The average Bonchev–Trinajstić information content (AvgIpc) is 2.28. The molecule has 2 N–H and O–H groups in total. The van der Waals surface area contributed by atoms with E-state index in [2.05, 4.69) is 9.72 Å². The summed E-state index contributed by atoms with van der Waals surface area (Å²) in [5.74, 6) is -1.29. The maximum atomic E-state index is 12.8. The zero-order valence-electron chi connectivity index (χ0n) is 8.91. The molecule has 17 heavy (non-hydrogen) atoms. The maximum Gasteiger partial charge on any atom is 0.340 e. The Bertz CT molecular complexity index is 483. The third-order valence-electron chi connectivity index (χ3n) is 1.97. The molecule has 0 aliphatic carbocycles. The van der Waals surface area contributed by atoms with Gasteiger partial charge in [0.05, 0.1) is 17.7 Å². The molecule has 0 fully saturated rings. The van der Waals surface area contributed by atoms with E-state index in [0.717, 1.165) is 6.20 Å². The van der Waals surface area contributed by atoms with Gasteiger partial charge in [0.15, 0.2) is 0 Å². The fourth-order valence-corrected chi connectivity index (χ4v) is 1.26. The molecule has 1 heterocycles. The molecule has 0 unspecified atom stereocenters. The number of pyridine rings is 1. The molecule has 1 aromatic rings. The number of nitrogen functional groups attached to an aromatic ring is 1. The van der Waals surface area contributed by atoms with E-state index >= 15 is 0 Å². The van der Waals surface area contributed by atoms with Crippen molar-refractivity contribution in [1.29, 1.82) is 5.26 Å². The third-order valence-corrected chi connectivity index (χ3v) is 1.97.